The molecule has 7 nitrogen and oxygen atoms in total. The number of nitrogens with one attached hydrogen (secondary N) is 1. The summed E-state index contributed by atoms with van der Waals surface area (Å²) in [6, 6.07) is -1.18. The molecule has 25 heavy (non-hydrogen) atoms. The summed E-state index contributed by atoms with van der Waals surface area (Å²) in [7, 11) is 0. The minimum Gasteiger partial charge on any atom is -0.458 e. The maximum absolute atomic E-state index is 12.8. The molecular weight excluding hydrogens is 324 g/mol. The number of piperidine rings is 1. The minimum atomic E-state index is -0.658. The number of esters is 1. The van der Waals surface area contributed by atoms with E-state index in [1.165, 1.54) is 0 Å². The van der Waals surface area contributed by atoms with Gasteiger partial charge in [0.05, 0.1) is 0 Å². The molecule has 2 rings (SSSR count). The van der Waals surface area contributed by atoms with Crippen LogP contribution in [0, 0.1) is 0 Å². The molecule has 3 unspecified atom stereocenters. The lowest BCUT2D eigenvalue weighted by Crippen LogP contribution is -2.58. The summed E-state index contributed by atoms with van der Waals surface area (Å²) in [5.74, 6) is -0.600. The minimum absolute atomic E-state index is 0.0432. The smallest absolute Gasteiger partial charge is 0.408 e. The highest BCUT2D eigenvalue weighted by molar-refractivity contribution is 5.91. The monoisotopic (exact) mass is 354 g/mol. The zero-order valence-electron chi connectivity index (χ0n) is 16.0. The second-order valence-corrected chi connectivity index (χ2v) is 8.80. The number of fused-ring (bicyclic) bond motifs is 1. The Kier molecular flexibility index (Phi) is 5.35. The van der Waals surface area contributed by atoms with Crippen LogP contribution in [0.3, 0.4) is 0 Å². The molecule has 0 spiro atoms. The number of carbonyl (C=O) groups is 3. The van der Waals surface area contributed by atoms with Crippen molar-refractivity contribution < 1.29 is 23.9 Å². The molecule has 3 atom stereocenters. The molecule has 2 saturated heterocycles. The van der Waals surface area contributed by atoms with Gasteiger partial charge < -0.3 is 19.7 Å². The van der Waals surface area contributed by atoms with Gasteiger partial charge in [0.25, 0.3) is 0 Å². The van der Waals surface area contributed by atoms with Gasteiger partial charge in [0, 0.05) is 6.04 Å². The molecule has 0 aromatic carbocycles. The highest BCUT2D eigenvalue weighted by Crippen LogP contribution is 2.33. The van der Waals surface area contributed by atoms with Gasteiger partial charge in [-0.15, -0.1) is 0 Å². The fourth-order valence-electron chi connectivity index (χ4n) is 3.35. The Morgan fingerprint density at radius 1 is 0.960 bits per heavy atom. The van der Waals surface area contributed by atoms with Gasteiger partial charge in [-0.3, -0.25) is 4.79 Å². The van der Waals surface area contributed by atoms with Crippen LogP contribution in [0.1, 0.15) is 67.2 Å². The number of nitrogens with zero attached hydrogens (tertiary/aromatic N) is 1. The van der Waals surface area contributed by atoms with Gasteiger partial charge in [-0.1, -0.05) is 0 Å². The number of alkyl carbamates (subject to hydrolysis) is 1. The SMILES string of the molecule is CC(C)(C)OC(=O)NC1CCC2CCC(C(=O)OC(C)(C)C)N2C1=O. The summed E-state index contributed by atoms with van der Waals surface area (Å²) < 4.78 is 10.7. The third-order valence-electron chi connectivity index (χ3n) is 4.21. The van der Waals surface area contributed by atoms with Crippen molar-refractivity contribution in [3.8, 4) is 0 Å². The summed E-state index contributed by atoms with van der Waals surface area (Å²) in [4.78, 5) is 38.9. The van der Waals surface area contributed by atoms with Crippen LogP contribution in [0.15, 0.2) is 0 Å². The van der Waals surface area contributed by atoms with Crippen molar-refractivity contribution in [1.29, 1.82) is 0 Å². The Balaban J connectivity index is 2.04. The third-order valence-corrected chi connectivity index (χ3v) is 4.21. The van der Waals surface area contributed by atoms with Gasteiger partial charge in [-0.05, 0) is 67.2 Å². The Bertz CT molecular complexity index is 547. The van der Waals surface area contributed by atoms with Crippen LogP contribution in [-0.4, -0.2) is 52.2 Å². The first kappa shape index (κ1) is 19.5. The van der Waals surface area contributed by atoms with E-state index in [9.17, 15) is 14.4 Å². The molecular formula is C18H30N2O5. The van der Waals surface area contributed by atoms with Crippen LogP contribution in [0.25, 0.3) is 0 Å². The number of hydrogen-bond donors (Lipinski definition) is 1. The van der Waals surface area contributed by atoms with E-state index >= 15 is 0 Å². The average Bonchev–Trinajstić information content (AvgIpc) is 2.82. The molecule has 7 heteroatoms. The molecule has 0 aromatic heterocycles. The Morgan fingerprint density at radius 2 is 1.52 bits per heavy atom. The third kappa shape index (κ3) is 5.09. The number of carbonyl (C=O) groups excluding carboxylic acids is 3. The van der Waals surface area contributed by atoms with Crippen molar-refractivity contribution in [1.82, 2.24) is 10.2 Å². The highest BCUT2D eigenvalue weighted by Gasteiger charge is 2.47. The van der Waals surface area contributed by atoms with Crippen molar-refractivity contribution in [2.75, 3.05) is 0 Å². The number of hydrogen-bond acceptors (Lipinski definition) is 5. The van der Waals surface area contributed by atoms with Crippen molar-refractivity contribution in [2.24, 2.45) is 0 Å². The Morgan fingerprint density at radius 3 is 2.08 bits per heavy atom. The molecule has 142 valence electrons. The van der Waals surface area contributed by atoms with Crippen LogP contribution in [0.5, 0.6) is 0 Å². The van der Waals surface area contributed by atoms with Crippen molar-refractivity contribution >= 4 is 18.0 Å². The summed E-state index contributed by atoms with van der Waals surface area (Å²) in [5.41, 5.74) is -1.22. The van der Waals surface area contributed by atoms with E-state index < -0.39 is 29.4 Å². The van der Waals surface area contributed by atoms with E-state index in [0.717, 1.165) is 12.8 Å². The number of amides is 2. The summed E-state index contributed by atoms with van der Waals surface area (Å²) in [6.45, 7) is 10.7. The molecule has 0 bridgehead atoms. The van der Waals surface area contributed by atoms with Gasteiger partial charge in [0.2, 0.25) is 5.91 Å². The van der Waals surface area contributed by atoms with Crippen LogP contribution in [-0.2, 0) is 19.1 Å². The van der Waals surface area contributed by atoms with E-state index in [0.29, 0.717) is 12.8 Å². The van der Waals surface area contributed by atoms with E-state index in [2.05, 4.69) is 5.32 Å². The highest BCUT2D eigenvalue weighted by atomic mass is 16.6. The molecule has 2 aliphatic rings. The first-order valence-corrected chi connectivity index (χ1v) is 8.92. The van der Waals surface area contributed by atoms with Gasteiger partial charge in [0.15, 0.2) is 0 Å². The molecule has 2 aliphatic heterocycles. The predicted molar refractivity (Wildman–Crippen MR) is 91.9 cm³/mol. The average molecular weight is 354 g/mol. The molecule has 0 aliphatic carbocycles. The summed E-state index contributed by atoms with van der Waals surface area (Å²) >= 11 is 0. The van der Waals surface area contributed by atoms with Crippen molar-refractivity contribution in [3.05, 3.63) is 0 Å². The maximum atomic E-state index is 12.8. The summed E-state index contributed by atoms with van der Waals surface area (Å²) in [5, 5.41) is 2.64. The van der Waals surface area contributed by atoms with E-state index in [1.54, 1.807) is 25.7 Å². The second-order valence-electron chi connectivity index (χ2n) is 8.80. The molecule has 2 fully saturated rings. The van der Waals surface area contributed by atoms with Crippen LogP contribution in [0.2, 0.25) is 0 Å². The largest absolute Gasteiger partial charge is 0.458 e. The Hall–Kier alpha value is -1.79. The molecule has 2 amide bonds. The van der Waals surface area contributed by atoms with Gasteiger partial charge in [-0.25, -0.2) is 9.59 Å². The van der Waals surface area contributed by atoms with Crippen molar-refractivity contribution in [2.45, 2.75) is 96.6 Å². The first-order chi connectivity index (χ1) is 11.4. The standard InChI is InChI=1S/C18H30N2O5/c1-17(2,3)24-15(22)13-10-8-11-7-9-12(14(21)20(11)13)19-16(23)25-18(4,5)6/h11-13H,7-10H2,1-6H3,(H,19,23). The quantitative estimate of drug-likeness (QED) is 0.770. The van der Waals surface area contributed by atoms with E-state index in [4.69, 9.17) is 9.47 Å². The zero-order valence-corrected chi connectivity index (χ0v) is 16.0. The fourth-order valence-corrected chi connectivity index (χ4v) is 3.35. The number of rotatable bonds is 2. The normalized spacial score (nSPS) is 26.9. The van der Waals surface area contributed by atoms with Crippen LogP contribution < -0.4 is 5.32 Å². The molecule has 2 heterocycles. The molecule has 0 aromatic rings. The molecule has 0 radical (unpaired) electrons. The Labute approximate surface area is 149 Å². The summed E-state index contributed by atoms with van der Waals surface area (Å²) in [6.07, 6.45) is 2.09. The predicted octanol–water partition coefficient (Wildman–Crippen LogP) is 2.37. The van der Waals surface area contributed by atoms with Crippen LogP contribution >= 0.6 is 0 Å². The molecule has 1 N–H and O–H groups in total. The van der Waals surface area contributed by atoms with Gasteiger partial charge in [0.1, 0.15) is 23.3 Å². The topological polar surface area (TPSA) is 84.9 Å². The van der Waals surface area contributed by atoms with Crippen molar-refractivity contribution in [3.63, 3.8) is 0 Å². The van der Waals surface area contributed by atoms with E-state index in [1.807, 2.05) is 20.8 Å². The second kappa shape index (κ2) is 6.84. The van der Waals surface area contributed by atoms with Crippen LogP contribution in [0.4, 0.5) is 4.79 Å². The molecule has 0 saturated carbocycles. The fraction of sp³-hybridized carbons (Fsp3) is 0.833. The zero-order chi connectivity index (χ0) is 19.0. The first-order valence-electron chi connectivity index (χ1n) is 8.92. The number of ether oxygens (including phenoxy) is 2. The lowest BCUT2D eigenvalue weighted by atomic mass is 9.98. The van der Waals surface area contributed by atoms with Gasteiger partial charge in [-0.2, -0.15) is 0 Å². The maximum Gasteiger partial charge on any atom is 0.408 e. The van der Waals surface area contributed by atoms with Gasteiger partial charge >= 0.3 is 12.1 Å². The van der Waals surface area contributed by atoms with E-state index in [-0.39, 0.29) is 17.9 Å². The lowest BCUT2D eigenvalue weighted by molar-refractivity contribution is -0.165. The lowest BCUT2D eigenvalue weighted by Gasteiger charge is -2.38.